The molecule has 2 heterocycles. The number of anilines is 2. The van der Waals surface area contributed by atoms with E-state index >= 15 is 0 Å². The summed E-state index contributed by atoms with van der Waals surface area (Å²) in [6.45, 7) is 4.76. The van der Waals surface area contributed by atoms with Crippen LogP contribution in [0.2, 0.25) is 0 Å². The first-order valence-electron chi connectivity index (χ1n) is 11.8. The molecule has 2 fully saturated rings. The number of nitrogens with zero attached hydrogens (tertiary/aromatic N) is 4. The molecule has 0 unspecified atom stereocenters. The van der Waals surface area contributed by atoms with E-state index in [4.69, 9.17) is 35.3 Å². The van der Waals surface area contributed by atoms with E-state index < -0.39 is 0 Å². The number of hydrogen-bond acceptors (Lipinski definition) is 6. The lowest BCUT2D eigenvalue weighted by Crippen LogP contribution is -2.34. The van der Waals surface area contributed by atoms with Gasteiger partial charge in [0.15, 0.2) is 21.6 Å². The molecule has 36 heavy (non-hydrogen) atoms. The Morgan fingerprint density at radius 2 is 0.944 bits per heavy atom. The average molecular weight is 521 g/mol. The summed E-state index contributed by atoms with van der Waals surface area (Å²) >= 11 is 10.7. The highest BCUT2D eigenvalue weighted by atomic mass is 32.1. The van der Waals surface area contributed by atoms with Gasteiger partial charge in [-0.3, -0.25) is 20.6 Å². The number of hydrogen-bond donors (Lipinski definition) is 2. The van der Waals surface area contributed by atoms with Gasteiger partial charge >= 0.3 is 12.1 Å². The smallest absolute Gasteiger partial charge is 0.282 e. The van der Waals surface area contributed by atoms with Crippen LogP contribution in [0.3, 0.4) is 0 Å². The molecule has 0 aromatic heterocycles. The maximum atomic E-state index is 12.9. The summed E-state index contributed by atoms with van der Waals surface area (Å²) in [4.78, 5) is 31.9. The van der Waals surface area contributed by atoms with E-state index in [0.717, 1.165) is 24.0 Å². The van der Waals surface area contributed by atoms with Gasteiger partial charge < -0.3 is 0 Å². The molecule has 4 rings (SSSR count). The van der Waals surface area contributed by atoms with Crippen LogP contribution >= 0.6 is 24.4 Å². The highest BCUT2D eigenvalue weighted by molar-refractivity contribution is 7.82. The van der Waals surface area contributed by atoms with Crippen LogP contribution in [-0.4, -0.2) is 56.6 Å². The third kappa shape index (κ3) is 4.91. The van der Waals surface area contributed by atoms with Gasteiger partial charge in [-0.25, -0.2) is 19.4 Å². The lowest BCUT2D eigenvalue weighted by Gasteiger charge is -2.18. The summed E-state index contributed by atoms with van der Waals surface area (Å²) in [5.41, 5.74) is 3.49. The lowest BCUT2D eigenvalue weighted by atomic mass is 10.2. The van der Waals surface area contributed by atoms with Crippen LogP contribution < -0.4 is 9.80 Å². The maximum absolute atomic E-state index is 12.9. The molecule has 8 nitrogen and oxygen atoms in total. The van der Waals surface area contributed by atoms with Gasteiger partial charge in [-0.05, 0) is 51.0 Å². The molecule has 0 saturated carbocycles. The van der Waals surface area contributed by atoms with Gasteiger partial charge in [-0.2, -0.15) is 0 Å². The lowest BCUT2D eigenvalue weighted by molar-refractivity contribution is 0.230. The number of unbranched alkanes of at least 4 members (excludes halogenated alkanes) is 3. The third-order valence-electron chi connectivity index (χ3n) is 6.29. The van der Waals surface area contributed by atoms with E-state index in [1.807, 2.05) is 62.4 Å². The van der Waals surface area contributed by atoms with E-state index in [-0.39, 0.29) is 33.7 Å². The third-order valence-corrected chi connectivity index (χ3v) is 7.05. The molecule has 2 aromatic carbocycles. The first-order chi connectivity index (χ1) is 17.2. The minimum atomic E-state index is -0.297. The molecule has 10 heteroatoms. The van der Waals surface area contributed by atoms with Crippen LogP contribution in [-0.2, 0) is 0 Å². The number of amidine groups is 2. The van der Waals surface area contributed by atoms with Crippen molar-refractivity contribution >= 4 is 69.5 Å². The summed E-state index contributed by atoms with van der Waals surface area (Å²) in [6, 6.07) is 14.4. The zero-order chi connectivity index (χ0) is 26.0. The molecule has 2 saturated heterocycles. The summed E-state index contributed by atoms with van der Waals surface area (Å²) in [5, 5.41) is 16.6. The number of carbonyl (C=O) groups excluding carboxylic acids is 2. The van der Waals surface area contributed by atoms with Gasteiger partial charge in [0.1, 0.15) is 0 Å². The summed E-state index contributed by atoms with van der Waals surface area (Å²) in [7, 11) is 0. The Bertz CT molecular complexity index is 1140. The predicted molar refractivity (Wildman–Crippen MR) is 151 cm³/mol. The summed E-state index contributed by atoms with van der Waals surface area (Å²) in [6.07, 6.45) is 3.04. The van der Waals surface area contributed by atoms with Crippen molar-refractivity contribution in [3.05, 3.63) is 59.7 Å². The fourth-order valence-electron chi connectivity index (χ4n) is 4.20. The van der Waals surface area contributed by atoms with Crippen LogP contribution in [0.15, 0.2) is 48.5 Å². The van der Waals surface area contributed by atoms with Crippen LogP contribution in [0, 0.1) is 24.7 Å². The van der Waals surface area contributed by atoms with Gasteiger partial charge in [0.25, 0.3) is 0 Å². The van der Waals surface area contributed by atoms with Crippen molar-refractivity contribution in [2.75, 3.05) is 22.9 Å². The number of nitrogens with one attached hydrogen (secondary N) is 2. The maximum Gasteiger partial charge on any atom is 0.335 e. The number of benzene rings is 2. The second-order valence-electron chi connectivity index (χ2n) is 8.93. The Labute approximate surface area is 221 Å². The van der Waals surface area contributed by atoms with Crippen LogP contribution in [0.25, 0.3) is 0 Å². The monoisotopic (exact) mass is 520 g/mol. The Morgan fingerprint density at radius 1 is 0.611 bits per heavy atom. The van der Waals surface area contributed by atoms with Gasteiger partial charge in [0.2, 0.25) is 0 Å². The first kappa shape index (κ1) is 25.6. The second-order valence-corrected chi connectivity index (χ2v) is 9.71. The fourth-order valence-corrected chi connectivity index (χ4v) is 4.79. The average Bonchev–Trinajstić information content (AvgIpc) is 3.20. The molecule has 2 aliphatic rings. The van der Waals surface area contributed by atoms with E-state index in [0.29, 0.717) is 37.3 Å². The molecule has 2 aromatic rings. The van der Waals surface area contributed by atoms with Crippen LogP contribution in [0.4, 0.5) is 21.0 Å². The largest absolute Gasteiger partial charge is 0.335 e. The Morgan fingerprint density at radius 3 is 1.28 bits per heavy atom. The minimum Gasteiger partial charge on any atom is -0.282 e. The van der Waals surface area contributed by atoms with E-state index in [1.54, 1.807) is 0 Å². The summed E-state index contributed by atoms with van der Waals surface area (Å²) in [5.74, 6) is 0.104. The number of aryl methyl sites for hydroxylation is 2. The Hall–Kier alpha value is -3.50. The highest BCUT2D eigenvalue weighted by Crippen LogP contribution is 2.25. The molecule has 4 amide bonds. The van der Waals surface area contributed by atoms with Crippen molar-refractivity contribution in [3.63, 3.8) is 0 Å². The number of carbonyl (C=O) groups is 2. The topological polar surface area (TPSA) is 94.8 Å². The van der Waals surface area contributed by atoms with E-state index in [1.165, 1.54) is 19.6 Å². The Kier molecular flexibility index (Phi) is 7.56. The predicted octanol–water partition coefficient (Wildman–Crippen LogP) is 5.66. The van der Waals surface area contributed by atoms with Gasteiger partial charge in [0.05, 0.1) is 11.4 Å². The van der Waals surface area contributed by atoms with Gasteiger partial charge in [-0.15, -0.1) is 0 Å². The van der Waals surface area contributed by atoms with E-state index in [9.17, 15) is 9.59 Å². The Balaban J connectivity index is 1.25. The molecule has 2 N–H and O–H groups in total. The molecule has 186 valence electrons. The second kappa shape index (κ2) is 10.6. The van der Waals surface area contributed by atoms with Crippen LogP contribution in [0.5, 0.6) is 0 Å². The van der Waals surface area contributed by atoms with E-state index in [2.05, 4.69) is 0 Å². The molecular formula is C26H28N6O2S2. The molecule has 2 aliphatic heterocycles. The SMILES string of the molecule is Cc1ccc(N2C(=O)N(CCCCCCN3C(=N)C(=S)N(c4ccc(C)cc4)C3=O)C(=N)C2=S)cc1. The van der Waals surface area contributed by atoms with Crippen molar-refractivity contribution in [3.8, 4) is 0 Å². The number of thiocarbonyl (C=S) groups is 2. The fraction of sp³-hybridized carbons (Fsp3) is 0.308. The van der Waals surface area contributed by atoms with Crippen molar-refractivity contribution in [1.29, 1.82) is 10.8 Å². The number of urea groups is 2. The van der Waals surface area contributed by atoms with Gasteiger partial charge in [-0.1, -0.05) is 72.7 Å². The molecule has 0 aliphatic carbocycles. The number of amides is 4. The van der Waals surface area contributed by atoms with Crippen molar-refractivity contribution in [2.24, 2.45) is 0 Å². The zero-order valence-corrected chi connectivity index (χ0v) is 21.9. The van der Waals surface area contributed by atoms with Gasteiger partial charge in [0, 0.05) is 13.1 Å². The standard InChI is InChI=1S/C26H28N6O2S2/c1-17-7-11-19(12-8-17)31-23(35)21(27)29(25(31)33)15-5-3-4-6-16-30-22(28)24(36)32(26(30)34)20-13-9-18(2)10-14-20/h7-14,27-28H,3-6,15-16H2,1-2H3. The molecule has 0 radical (unpaired) electrons. The van der Waals surface area contributed by atoms with Crippen molar-refractivity contribution < 1.29 is 9.59 Å². The molecule has 0 bridgehead atoms. The molecule has 0 spiro atoms. The molecular weight excluding hydrogens is 492 g/mol. The van der Waals surface area contributed by atoms with Crippen LogP contribution in [0.1, 0.15) is 36.8 Å². The number of rotatable bonds is 9. The summed E-state index contributed by atoms with van der Waals surface area (Å²) < 4.78 is 0. The normalized spacial score (nSPS) is 16.3. The highest BCUT2D eigenvalue weighted by Gasteiger charge is 2.40. The quantitative estimate of drug-likeness (QED) is 0.330. The van der Waals surface area contributed by atoms with Crippen molar-refractivity contribution in [2.45, 2.75) is 39.5 Å². The minimum absolute atomic E-state index is 0.0522. The molecule has 0 atom stereocenters. The van der Waals surface area contributed by atoms with Crippen molar-refractivity contribution in [1.82, 2.24) is 9.80 Å². The zero-order valence-electron chi connectivity index (χ0n) is 20.3. The first-order valence-corrected chi connectivity index (χ1v) is 12.6.